The lowest BCUT2D eigenvalue weighted by Crippen LogP contribution is -2.31. The fraction of sp³-hybridized carbons (Fsp3) is 0.667. The van der Waals surface area contributed by atoms with Crippen LogP contribution in [0.1, 0.15) is 53.4 Å². The summed E-state index contributed by atoms with van der Waals surface area (Å²) in [4.78, 5) is 11.6. The van der Waals surface area contributed by atoms with Crippen LogP contribution >= 0.6 is 0 Å². The van der Waals surface area contributed by atoms with Gasteiger partial charge in [0, 0.05) is 6.42 Å². The van der Waals surface area contributed by atoms with Crippen LogP contribution < -0.4 is 0 Å². The highest BCUT2D eigenvalue weighted by Gasteiger charge is 2.36. The Balaban J connectivity index is 3.00. The van der Waals surface area contributed by atoms with Crippen molar-refractivity contribution in [1.82, 2.24) is 0 Å². The van der Waals surface area contributed by atoms with Crippen molar-refractivity contribution in [2.75, 3.05) is 0 Å². The number of carbonyl (C=O) groups excluding carboxylic acids is 1. The molecule has 1 aliphatic carbocycles. The van der Waals surface area contributed by atoms with E-state index < -0.39 is 0 Å². The Kier molecular flexibility index (Phi) is 4.12. The van der Waals surface area contributed by atoms with Gasteiger partial charge in [-0.15, -0.1) is 0 Å². The largest absolute Gasteiger partial charge is 0.295 e. The first-order valence-electron chi connectivity index (χ1n) is 6.27. The van der Waals surface area contributed by atoms with Crippen LogP contribution in [-0.4, -0.2) is 5.78 Å². The number of hydrogen-bond acceptors (Lipinski definition) is 1. The lowest BCUT2D eigenvalue weighted by Gasteiger charge is -2.41. The Labute approximate surface area is 99.6 Å². The molecule has 0 aromatic rings. The van der Waals surface area contributed by atoms with Gasteiger partial charge in [-0.1, -0.05) is 44.9 Å². The molecule has 0 radical (unpaired) electrons. The zero-order valence-corrected chi connectivity index (χ0v) is 11.1. The van der Waals surface area contributed by atoms with Crippen molar-refractivity contribution < 1.29 is 4.79 Å². The van der Waals surface area contributed by atoms with Crippen molar-refractivity contribution in [1.29, 1.82) is 0 Å². The van der Waals surface area contributed by atoms with Crippen LogP contribution in [0, 0.1) is 11.3 Å². The minimum Gasteiger partial charge on any atom is -0.295 e. The van der Waals surface area contributed by atoms with Gasteiger partial charge in [-0.05, 0) is 37.2 Å². The summed E-state index contributed by atoms with van der Waals surface area (Å²) in [5.74, 6) is 0.864. The van der Waals surface area contributed by atoms with Crippen LogP contribution in [0.3, 0.4) is 0 Å². The smallest absolute Gasteiger partial charge is 0.159 e. The van der Waals surface area contributed by atoms with Gasteiger partial charge in [-0.2, -0.15) is 0 Å². The van der Waals surface area contributed by atoms with Crippen molar-refractivity contribution in [3.05, 3.63) is 23.8 Å². The zero-order chi connectivity index (χ0) is 12.3. The van der Waals surface area contributed by atoms with E-state index in [0.717, 1.165) is 6.42 Å². The molecule has 16 heavy (non-hydrogen) atoms. The van der Waals surface area contributed by atoms with E-state index in [4.69, 9.17) is 0 Å². The zero-order valence-electron chi connectivity index (χ0n) is 11.1. The molecule has 90 valence electrons. The average molecular weight is 220 g/mol. The Bertz CT molecular complexity index is 320. The van der Waals surface area contributed by atoms with Gasteiger partial charge in [0.05, 0.1) is 0 Å². The molecule has 1 heteroatoms. The van der Waals surface area contributed by atoms with E-state index in [1.54, 1.807) is 0 Å². The summed E-state index contributed by atoms with van der Waals surface area (Å²) in [6, 6.07) is 0. The van der Waals surface area contributed by atoms with Crippen molar-refractivity contribution in [3.8, 4) is 0 Å². The van der Waals surface area contributed by atoms with Gasteiger partial charge in [0.1, 0.15) is 0 Å². The highest BCUT2D eigenvalue weighted by atomic mass is 16.1. The molecule has 0 bridgehead atoms. The normalized spacial score (nSPS) is 24.4. The van der Waals surface area contributed by atoms with Crippen molar-refractivity contribution in [2.24, 2.45) is 11.3 Å². The van der Waals surface area contributed by atoms with Gasteiger partial charge in [0.15, 0.2) is 5.78 Å². The Morgan fingerprint density at radius 1 is 1.56 bits per heavy atom. The molecule has 0 aromatic carbocycles. The van der Waals surface area contributed by atoms with E-state index in [-0.39, 0.29) is 11.2 Å². The lowest BCUT2D eigenvalue weighted by molar-refractivity contribution is -0.114. The standard InChI is InChI=1S/C15H24O/c1-6-12-9-8-11(3)14(15(12,4)5)10-13(16)7-2/h7,12H,2,6,8-10H2,1,3-5H3/t12-/m1/s1. The van der Waals surface area contributed by atoms with Crippen molar-refractivity contribution in [3.63, 3.8) is 0 Å². The van der Waals surface area contributed by atoms with Crippen LogP contribution in [0.4, 0.5) is 0 Å². The number of ketones is 1. The monoisotopic (exact) mass is 220 g/mol. The Hall–Kier alpha value is -0.850. The molecular formula is C15H24O. The molecule has 0 amide bonds. The van der Waals surface area contributed by atoms with Crippen molar-refractivity contribution in [2.45, 2.75) is 53.4 Å². The fourth-order valence-corrected chi connectivity index (χ4v) is 3.04. The molecular weight excluding hydrogens is 196 g/mol. The SMILES string of the molecule is C=CC(=O)CC1=C(C)CC[C@@H](CC)C1(C)C. The van der Waals surface area contributed by atoms with Gasteiger partial charge in [0.2, 0.25) is 0 Å². The molecule has 0 unspecified atom stereocenters. The van der Waals surface area contributed by atoms with Gasteiger partial charge < -0.3 is 0 Å². The molecule has 1 atom stereocenters. The predicted octanol–water partition coefficient (Wildman–Crippen LogP) is 4.29. The first-order chi connectivity index (χ1) is 7.43. The summed E-state index contributed by atoms with van der Waals surface area (Å²) in [5, 5.41) is 0. The minimum atomic E-state index is 0.152. The maximum atomic E-state index is 11.6. The third-order valence-corrected chi connectivity index (χ3v) is 4.25. The molecule has 0 fully saturated rings. The maximum Gasteiger partial charge on any atom is 0.159 e. The summed E-state index contributed by atoms with van der Waals surface area (Å²) in [7, 11) is 0. The van der Waals surface area contributed by atoms with E-state index in [2.05, 4.69) is 34.3 Å². The highest BCUT2D eigenvalue weighted by molar-refractivity contribution is 5.91. The van der Waals surface area contributed by atoms with Crippen LogP contribution in [0.25, 0.3) is 0 Å². The van der Waals surface area contributed by atoms with E-state index in [0.29, 0.717) is 12.3 Å². The Morgan fingerprint density at radius 2 is 2.19 bits per heavy atom. The lowest BCUT2D eigenvalue weighted by atomic mass is 9.63. The van der Waals surface area contributed by atoms with E-state index in [1.165, 1.54) is 30.1 Å². The first kappa shape index (κ1) is 13.2. The third kappa shape index (κ3) is 2.45. The topological polar surface area (TPSA) is 17.1 Å². The van der Waals surface area contributed by atoms with Crippen LogP contribution in [0.2, 0.25) is 0 Å². The highest BCUT2D eigenvalue weighted by Crippen LogP contribution is 2.47. The summed E-state index contributed by atoms with van der Waals surface area (Å²) >= 11 is 0. The average Bonchev–Trinajstić information content (AvgIpc) is 2.23. The number of carbonyl (C=O) groups is 1. The molecule has 1 nitrogen and oxygen atoms in total. The number of rotatable bonds is 4. The quantitative estimate of drug-likeness (QED) is 0.510. The Morgan fingerprint density at radius 3 is 2.69 bits per heavy atom. The molecule has 0 spiro atoms. The predicted molar refractivity (Wildman–Crippen MR) is 69.3 cm³/mol. The fourth-order valence-electron chi connectivity index (χ4n) is 3.04. The molecule has 0 saturated heterocycles. The molecule has 0 aliphatic heterocycles. The van der Waals surface area contributed by atoms with Crippen LogP contribution in [-0.2, 0) is 4.79 Å². The molecule has 0 aromatic heterocycles. The van der Waals surface area contributed by atoms with Gasteiger partial charge in [0.25, 0.3) is 0 Å². The molecule has 0 N–H and O–H groups in total. The molecule has 1 aliphatic rings. The number of allylic oxidation sites excluding steroid dienone is 3. The van der Waals surface area contributed by atoms with E-state index >= 15 is 0 Å². The van der Waals surface area contributed by atoms with Crippen LogP contribution in [0.5, 0.6) is 0 Å². The second kappa shape index (κ2) is 4.99. The summed E-state index contributed by atoms with van der Waals surface area (Å²) in [6.07, 6.45) is 5.64. The second-order valence-electron chi connectivity index (χ2n) is 5.47. The van der Waals surface area contributed by atoms with Crippen molar-refractivity contribution >= 4 is 5.78 Å². The van der Waals surface area contributed by atoms with E-state index in [1.807, 2.05) is 0 Å². The summed E-state index contributed by atoms with van der Waals surface area (Å²) in [5.41, 5.74) is 2.95. The summed E-state index contributed by atoms with van der Waals surface area (Å²) < 4.78 is 0. The minimum absolute atomic E-state index is 0.152. The third-order valence-electron chi connectivity index (χ3n) is 4.25. The van der Waals surface area contributed by atoms with Gasteiger partial charge in [-0.3, -0.25) is 4.79 Å². The van der Waals surface area contributed by atoms with Crippen LogP contribution in [0.15, 0.2) is 23.8 Å². The summed E-state index contributed by atoms with van der Waals surface area (Å²) in [6.45, 7) is 12.6. The molecule has 0 heterocycles. The van der Waals surface area contributed by atoms with E-state index in [9.17, 15) is 4.79 Å². The molecule has 0 saturated carbocycles. The number of hydrogen-bond donors (Lipinski definition) is 0. The second-order valence-corrected chi connectivity index (χ2v) is 5.47. The first-order valence-corrected chi connectivity index (χ1v) is 6.27. The van der Waals surface area contributed by atoms with Gasteiger partial charge >= 0.3 is 0 Å². The van der Waals surface area contributed by atoms with Gasteiger partial charge in [-0.25, -0.2) is 0 Å². The maximum absolute atomic E-state index is 11.6. The molecule has 1 rings (SSSR count).